The largest absolute Gasteiger partial charge is 0.508 e. The van der Waals surface area contributed by atoms with Crippen LogP contribution in [-0.4, -0.2) is 100 Å². The molecular formula is C45H47N3O12. The number of aryl methyl sites for hydroxylation is 2. The Bertz CT molecular complexity index is 2400. The van der Waals surface area contributed by atoms with E-state index in [9.17, 15) is 34.8 Å². The number of rotatable bonds is 13. The van der Waals surface area contributed by atoms with Gasteiger partial charge in [0.15, 0.2) is 17.5 Å². The van der Waals surface area contributed by atoms with E-state index in [2.05, 4.69) is 10.3 Å². The molecule has 4 heterocycles. The normalized spacial score (nSPS) is 23.4. The molecule has 2 fully saturated rings. The summed E-state index contributed by atoms with van der Waals surface area (Å²) >= 11 is 0. The average Bonchev–Trinajstić information content (AvgIpc) is 3.82. The molecule has 0 amide bonds. The Balaban J connectivity index is 1.06. The standard InChI is InChI=1S/C45H47N3O12/c1-24-16-25(2)18-28(17-24)38-37-27(14-15-46-37)21-48(38)60-42-41(52)40(51)36(23-57-44(55)33(43(53)54)20-47-29-6-4-3-5-7-29)59-45(42)58-31-12-13-32-35(19-31)56-22-34(39(32)50)26-8-10-30(49)11-9-26/h8-19,22,29,33,36,40-42,45,47,49,51-52H,3-7,20-21,23H2,1-2H3,(H,53,54)/t33-,36-,40-,41+,42-,45-/m0/s1. The molecular weight excluding hydrogens is 775 g/mol. The van der Waals surface area contributed by atoms with Crippen LogP contribution in [0.5, 0.6) is 11.5 Å². The smallest absolute Gasteiger partial charge is 0.321 e. The van der Waals surface area contributed by atoms with Gasteiger partial charge in [0.25, 0.3) is 0 Å². The van der Waals surface area contributed by atoms with Crippen LogP contribution in [0.3, 0.4) is 0 Å². The molecule has 0 bridgehead atoms. The second-order valence-electron chi connectivity index (χ2n) is 15.7. The van der Waals surface area contributed by atoms with E-state index in [0.717, 1.165) is 54.4 Å². The van der Waals surface area contributed by atoms with Gasteiger partial charge in [-0.15, -0.1) is 0 Å². The number of hydrogen-bond acceptors (Lipinski definition) is 14. The third-order valence-corrected chi connectivity index (χ3v) is 11.3. The minimum Gasteiger partial charge on any atom is -0.508 e. The molecule has 0 radical (unpaired) electrons. The van der Waals surface area contributed by atoms with Gasteiger partial charge in [-0.25, -0.2) is 5.06 Å². The van der Waals surface area contributed by atoms with Gasteiger partial charge < -0.3 is 44.4 Å². The summed E-state index contributed by atoms with van der Waals surface area (Å²) in [5, 5.41) is 47.9. The number of phenolic OH excluding ortho intramolecular Hbond substituents is 1. The van der Waals surface area contributed by atoms with Gasteiger partial charge in [-0.1, -0.05) is 48.6 Å². The molecule has 4 aliphatic rings. The van der Waals surface area contributed by atoms with Crippen molar-refractivity contribution in [2.75, 3.05) is 19.7 Å². The molecule has 4 aromatic rings. The lowest BCUT2D eigenvalue weighted by molar-refractivity contribution is -0.323. The first-order chi connectivity index (χ1) is 28.9. The number of benzene rings is 3. The number of carboxylic acids is 1. The Morgan fingerprint density at radius 1 is 0.967 bits per heavy atom. The van der Waals surface area contributed by atoms with E-state index in [1.165, 1.54) is 36.6 Å². The van der Waals surface area contributed by atoms with Gasteiger partial charge in [0.05, 0.1) is 28.9 Å². The first kappa shape index (κ1) is 40.9. The topological polar surface area (TPSA) is 210 Å². The number of aliphatic hydroxyl groups is 2. The van der Waals surface area contributed by atoms with Crippen LogP contribution < -0.4 is 15.5 Å². The molecule has 15 heteroatoms. The summed E-state index contributed by atoms with van der Waals surface area (Å²) in [6.45, 7) is 3.48. The van der Waals surface area contributed by atoms with Crippen LogP contribution in [0.2, 0.25) is 0 Å². The number of hydroxylamine groups is 2. The molecule has 0 unspecified atom stereocenters. The van der Waals surface area contributed by atoms with Crippen LogP contribution in [0, 0.1) is 19.8 Å². The van der Waals surface area contributed by atoms with E-state index in [4.69, 9.17) is 23.5 Å². The molecule has 314 valence electrons. The van der Waals surface area contributed by atoms with E-state index >= 15 is 0 Å². The van der Waals surface area contributed by atoms with E-state index in [1.54, 1.807) is 23.4 Å². The Morgan fingerprint density at radius 3 is 2.45 bits per heavy atom. The number of phenols is 1. The minimum absolute atomic E-state index is 0.0545. The maximum atomic E-state index is 13.5. The van der Waals surface area contributed by atoms with Gasteiger partial charge in [-0.3, -0.25) is 24.2 Å². The van der Waals surface area contributed by atoms with E-state index in [-0.39, 0.29) is 52.6 Å². The molecule has 1 saturated carbocycles. The van der Waals surface area contributed by atoms with Crippen molar-refractivity contribution >= 4 is 34.8 Å². The molecule has 5 N–H and O–H groups in total. The lowest BCUT2D eigenvalue weighted by Gasteiger charge is -2.43. The van der Waals surface area contributed by atoms with E-state index in [1.807, 2.05) is 38.1 Å². The minimum atomic E-state index is -1.68. The zero-order valence-electron chi connectivity index (χ0n) is 33.2. The maximum Gasteiger partial charge on any atom is 0.321 e. The third kappa shape index (κ3) is 8.58. The number of nitrogens with one attached hydrogen (secondary N) is 1. The molecule has 0 spiro atoms. The zero-order valence-corrected chi connectivity index (χ0v) is 33.2. The van der Waals surface area contributed by atoms with E-state index in [0.29, 0.717) is 17.0 Å². The molecule has 1 aliphatic carbocycles. The Hall–Kier alpha value is -5.84. The van der Waals surface area contributed by atoms with Crippen molar-refractivity contribution < 1.29 is 53.5 Å². The first-order valence-electron chi connectivity index (χ1n) is 20.1. The second kappa shape index (κ2) is 17.4. The van der Waals surface area contributed by atoms with Gasteiger partial charge in [0.2, 0.25) is 6.29 Å². The number of ether oxygens (including phenoxy) is 3. The van der Waals surface area contributed by atoms with Gasteiger partial charge >= 0.3 is 11.9 Å². The summed E-state index contributed by atoms with van der Waals surface area (Å²) in [5.74, 6) is -3.68. The van der Waals surface area contributed by atoms with Crippen LogP contribution in [0.1, 0.15) is 48.8 Å². The monoisotopic (exact) mass is 821 g/mol. The lowest BCUT2D eigenvalue weighted by atomic mass is 9.95. The molecule has 6 atom stereocenters. The number of carbonyl (C=O) groups excluding carboxylic acids is 1. The van der Waals surface area contributed by atoms with Crippen LogP contribution in [-0.2, 0) is 23.9 Å². The van der Waals surface area contributed by atoms with Crippen LogP contribution in [0.25, 0.3) is 27.8 Å². The zero-order chi connectivity index (χ0) is 42.1. The number of hydrogen-bond donors (Lipinski definition) is 5. The van der Waals surface area contributed by atoms with Crippen molar-refractivity contribution in [3.63, 3.8) is 0 Å². The van der Waals surface area contributed by atoms with E-state index < -0.39 is 55.2 Å². The van der Waals surface area contributed by atoms with Crippen LogP contribution in [0.15, 0.2) is 98.5 Å². The molecule has 3 aliphatic heterocycles. The molecule has 60 heavy (non-hydrogen) atoms. The summed E-state index contributed by atoms with van der Waals surface area (Å²) in [4.78, 5) is 50.0. The third-order valence-electron chi connectivity index (χ3n) is 11.3. The average molecular weight is 822 g/mol. The van der Waals surface area contributed by atoms with Gasteiger partial charge in [-0.2, -0.15) is 0 Å². The van der Waals surface area contributed by atoms with Gasteiger partial charge in [0, 0.05) is 36.0 Å². The van der Waals surface area contributed by atoms with Crippen molar-refractivity contribution in [3.8, 4) is 22.6 Å². The second-order valence-corrected chi connectivity index (χ2v) is 15.7. The number of aromatic hydroxyl groups is 1. The summed E-state index contributed by atoms with van der Waals surface area (Å²) < 4.78 is 23.9. The quantitative estimate of drug-likeness (QED) is 0.0910. The number of carbonyl (C=O) groups is 2. The number of fused-ring (bicyclic) bond motifs is 2. The van der Waals surface area contributed by atoms with Crippen molar-refractivity contribution in [1.29, 1.82) is 0 Å². The molecule has 1 aromatic heterocycles. The van der Waals surface area contributed by atoms with Crippen molar-refractivity contribution in [2.45, 2.75) is 82.7 Å². The molecule has 3 aromatic carbocycles. The van der Waals surface area contributed by atoms with Crippen molar-refractivity contribution in [2.24, 2.45) is 10.9 Å². The number of aliphatic carboxylic acids is 1. The highest BCUT2D eigenvalue weighted by atomic mass is 16.8. The van der Waals surface area contributed by atoms with Crippen LogP contribution in [0.4, 0.5) is 0 Å². The summed E-state index contributed by atoms with van der Waals surface area (Å²) in [7, 11) is 0. The fourth-order valence-corrected chi connectivity index (χ4v) is 8.22. The van der Waals surface area contributed by atoms with Crippen LogP contribution >= 0.6 is 0 Å². The van der Waals surface area contributed by atoms with Crippen molar-refractivity contribution in [1.82, 2.24) is 10.4 Å². The molecule has 8 rings (SSSR count). The first-order valence-corrected chi connectivity index (χ1v) is 20.1. The summed E-state index contributed by atoms with van der Waals surface area (Å²) in [6.07, 6.45) is 2.27. The fourth-order valence-electron chi connectivity index (χ4n) is 8.22. The highest BCUT2D eigenvalue weighted by molar-refractivity contribution is 5.94. The Labute approximate surface area is 345 Å². The van der Waals surface area contributed by atoms with Gasteiger partial charge in [-0.05, 0) is 74.7 Å². The number of carboxylic acid groups (broad SMARTS) is 1. The maximum absolute atomic E-state index is 13.5. The Kier molecular flexibility index (Phi) is 11.9. The Morgan fingerprint density at radius 2 is 1.72 bits per heavy atom. The number of aliphatic hydroxyl groups excluding tert-OH is 2. The number of aliphatic imine (C=N–C) groups is 1. The highest BCUT2D eigenvalue weighted by Gasteiger charge is 2.50. The fraction of sp³-hybridized carbons (Fsp3) is 0.378. The van der Waals surface area contributed by atoms with Crippen molar-refractivity contribution in [3.05, 3.63) is 111 Å². The summed E-state index contributed by atoms with van der Waals surface area (Å²) in [6, 6.07) is 16.8. The lowest BCUT2D eigenvalue weighted by Crippen LogP contribution is -2.62. The molecule has 15 nitrogen and oxygen atoms in total. The highest BCUT2D eigenvalue weighted by Crippen LogP contribution is 2.40. The SMILES string of the molecule is Cc1cc(C)cc(C2=C3N=CC=C3CN2O[C@@H]2[C@@H](Oc3ccc4c(=O)c(-c5ccc(O)cc5)coc4c3)O[C@@H](COC(=O)[C@@H](CNC3CCCCC3)C(=O)O)[C@H](O)[C@H]2O)c1. The predicted octanol–water partition coefficient (Wildman–Crippen LogP) is 4.77. The summed E-state index contributed by atoms with van der Waals surface area (Å²) in [5.41, 5.74) is 5.75. The predicted molar refractivity (Wildman–Crippen MR) is 219 cm³/mol. The number of nitrogens with zero attached hydrogens (tertiary/aromatic N) is 2. The van der Waals surface area contributed by atoms with Gasteiger partial charge in [0.1, 0.15) is 48.3 Å². The number of esters is 1. The molecule has 1 saturated heterocycles. The number of allylic oxidation sites excluding steroid dienone is 1.